The maximum atomic E-state index is 12.1. The molecule has 1 aromatic heterocycles. The van der Waals surface area contributed by atoms with E-state index >= 15 is 0 Å². The Hall–Kier alpha value is -1.51. The number of unbranched alkanes of at least 4 members (excludes halogenated alkanes) is 1. The van der Waals surface area contributed by atoms with Gasteiger partial charge in [0.25, 0.3) is 0 Å². The molecule has 0 aliphatic heterocycles. The van der Waals surface area contributed by atoms with Crippen molar-refractivity contribution in [3.05, 3.63) is 23.0 Å². The Kier molecular flexibility index (Phi) is 6.92. The Balaban J connectivity index is 2.51. The van der Waals surface area contributed by atoms with Crippen LogP contribution in [0.5, 0.6) is 0 Å². The summed E-state index contributed by atoms with van der Waals surface area (Å²) in [6.45, 7) is 5.64. The fourth-order valence-electron chi connectivity index (χ4n) is 2.38. The molecule has 1 aromatic carbocycles. The molecule has 0 saturated heterocycles. The first-order valence-electron chi connectivity index (χ1n) is 8.35. The lowest BCUT2D eigenvalue weighted by atomic mass is 10.2. The number of rotatable bonds is 8. The Morgan fingerprint density at radius 1 is 1.32 bits per heavy atom. The molecule has 0 bridgehead atoms. The monoisotopic (exact) mass is 384 g/mol. The quantitative estimate of drug-likeness (QED) is 0.656. The van der Waals surface area contributed by atoms with E-state index in [1.54, 1.807) is 18.2 Å². The number of sulfone groups is 1. The Morgan fingerprint density at radius 2 is 2.08 bits per heavy atom. The van der Waals surface area contributed by atoms with E-state index in [0.717, 1.165) is 23.1 Å². The van der Waals surface area contributed by atoms with Gasteiger partial charge in [0.15, 0.2) is 14.6 Å². The van der Waals surface area contributed by atoms with Crippen LogP contribution in [0.2, 0.25) is 0 Å². The topological polar surface area (TPSA) is 77.7 Å². The summed E-state index contributed by atoms with van der Waals surface area (Å²) in [5.74, 6) is -0.151. The van der Waals surface area contributed by atoms with E-state index in [-0.39, 0.29) is 10.8 Å². The highest BCUT2D eigenvalue weighted by Gasteiger charge is 2.12. The Labute approximate surface area is 152 Å². The van der Waals surface area contributed by atoms with Gasteiger partial charge in [0.1, 0.15) is 0 Å². The third-order valence-corrected chi connectivity index (χ3v) is 5.86. The van der Waals surface area contributed by atoms with Gasteiger partial charge in [0.2, 0.25) is 5.91 Å². The molecule has 0 unspecified atom stereocenters. The molecule has 0 aliphatic carbocycles. The summed E-state index contributed by atoms with van der Waals surface area (Å²) in [5, 5.41) is 0. The van der Waals surface area contributed by atoms with E-state index in [1.807, 2.05) is 18.4 Å². The van der Waals surface area contributed by atoms with Gasteiger partial charge < -0.3 is 9.30 Å². The first-order chi connectivity index (χ1) is 11.9. The van der Waals surface area contributed by atoms with Crippen molar-refractivity contribution in [3.63, 3.8) is 0 Å². The third kappa shape index (κ3) is 5.23. The van der Waals surface area contributed by atoms with Crippen LogP contribution in [0.25, 0.3) is 10.2 Å². The van der Waals surface area contributed by atoms with E-state index in [0.29, 0.717) is 31.0 Å². The molecule has 138 valence electrons. The molecule has 0 radical (unpaired) electrons. The molecule has 6 nitrogen and oxygen atoms in total. The van der Waals surface area contributed by atoms with Crippen molar-refractivity contribution < 1.29 is 17.9 Å². The highest BCUT2D eigenvalue weighted by molar-refractivity contribution is 7.90. The number of hydrogen-bond acceptors (Lipinski definition) is 5. The Morgan fingerprint density at radius 3 is 2.72 bits per heavy atom. The molecule has 0 aliphatic rings. The van der Waals surface area contributed by atoms with Crippen LogP contribution < -0.4 is 4.80 Å². The summed E-state index contributed by atoms with van der Waals surface area (Å²) in [5.41, 5.74) is 0.860. The smallest absolute Gasteiger partial charge is 0.248 e. The number of ether oxygens (including phenoxy) is 1. The molecule has 0 fully saturated rings. The molecule has 0 spiro atoms. The average Bonchev–Trinajstić information content (AvgIpc) is 2.89. The van der Waals surface area contributed by atoms with Crippen LogP contribution in [0.4, 0.5) is 0 Å². The van der Waals surface area contributed by atoms with Crippen molar-refractivity contribution in [3.8, 4) is 0 Å². The van der Waals surface area contributed by atoms with E-state index in [1.165, 1.54) is 17.6 Å². The molecule has 0 N–H and O–H groups in total. The van der Waals surface area contributed by atoms with E-state index in [9.17, 15) is 13.2 Å². The highest BCUT2D eigenvalue weighted by Crippen LogP contribution is 2.22. The second-order valence-corrected chi connectivity index (χ2v) is 8.77. The number of hydrogen-bond donors (Lipinski definition) is 0. The summed E-state index contributed by atoms with van der Waals surface area (Å²) < 4.78 is 31.7. The van der Waals surface area contributed by atoms with Crippen LogP contribution in [0, 0.1) is 0 Å². The van der Waals surface area contributed by atoms with Crippen molar-refractivity contribution in [2.24, 2.45) is 4.99 Å². The molecule has 25 heavy (non-hydrogen) atoms. The zero-order valence-electron chi connectivity index (χ0n) is 14.8. The van der Waals surface area contributed by atoms with Crippen molar-refractivity contribution in [1.82, 2.24) is 4.57 Å². The number of thiazole rings is 1. The predicted molar refractivity (Wildman–Crippen MR) is 99.5 cm³/mol. The normalized spacial score (nSPS) is 12.8. The minimum Gasteiger partial charge on any atom is -0.380 e. The molecular formula is C17H24N2O4S2. The number of nitrogens with zero attached hydrogens (tertiary/aromatic N) is 2. The number of aromatic nitrogens is 1. The van der Waals surface area contributed by atoms with Gasteiger partial charge >= 0.3 is 0 Å². The van der Waals surface area contributed by atoms with Crippen molar-refractivity contribution >= 4 is 37.3 Å². The molecule has 1 heterocycles. The lowest BCUT2D eigenvalue weighted by molar-refractivity contribution is -0.118. The van der Waals surface area contributed by atoms with Crippen molar-refractivity contribution in [1.29, 1.82) is 0 Å². The standard InChI is InChI=1S/C17H24N2O4S2/c1-4-6-7-16(20)18-17-19(10-11-23-5-2)14-9-8-13(25(3,21)22)12-15(14)24-17/h8-9,12H,4-7,10-11H2,1-3H3. The summed E-state index contributed by atoms with van der Waals surface area (Å²) >= 11 is 1.33. The van der Waals surface area contributed by atoms with Crippen LogP contribution in [-0.2, 0) is 25.9 Å². The second-order valence-electron chi connectivity index (χ2n) is 5.74. The summed E-state index contributed by atoms with van der Waals surface area (Å²) in [6.07, 6.45) is 3.36. The first kappa shape index (κ1) is 19.8. The molecule has 0 atom stereocenters. The number of carbonyl (C=O) groups is 1. The van der Waals surface area contributed by atoms with Gasteiger partial charge in [0.05, 0.1) is 21.7 Å². The van der Waals surface area contributed by atoms with Gasteiger partial charge in [-0.3, -0.25) is 4.79 Å². The minimum atomic E-state index is -3.28. The number of amides is 1. The number of carbonyl (C=O) groups excluding carboxylic acids is 1. The first-order valence-corrected chi connectivity index (χ1v) is 11.1. The molecular weight excluding hydrogens is 360 g/mol. The lowest BCUT2D eigenvalue weighted by Crippen LogP contribution is -2.19. The zero-order valence-corrected chi connectivity index (χ0v) is 16.5. The summed E-state index contributed by atoms with van der Waals surface area (Å²) in [7, 11) is -3.28. The van der Waals surface area contributed by atoms with Gasteiger partial charge in [-0.25, -0.2) is 8.42 Å². The molecule has 0 saturated carbocycles. The Bertz CT molecular complexity index is 910. The van der Waals surface area contributed by atoms with Gasteiger partial charge in [-0.1, -0.05) is 24.7 Å². The van der Waals surface area contributed by atoms with Gasteiger partial charge in [0, 0.05) is 25.8 Å². The third-order valence-electron chi connectivity index (χ3n) is 3.71. The van der Waals surface area contributed by atoms with Gasteiger partial charge in [-0.05, 0) is 31.5 Å². The number of fused-ring (bicyclic) bond motifs is 1. The van der Waals surface area contributed by atoms with Crippen LogP contribution in [0.3, 0.4) is 0 Å². The summed E-state index contributed by atoms with van der Waals surface area (Å²) in [6, 6.07) is 5.00. The largest absolute Gasteiger partial charge is 0.380 e. The van der Waals surface area contributed by atoms with E-state index < -0.39 is 9.84 Å². The SMILES string of the molecule is CCCCC(=O)N=c1sc2cc(S(C)(=O)=O)ccc2n1CCOCC. The molecule has 2 rings (SSSR count). The van der Waals surface area contributed by atoms with Crippen LogP contribution in [0.1, 0.15) is 33.1 Å². The fourth-order valence-corrected chi connectivity index (χ4v) is 4.21. The minimum absolute atomic E-state index is 0.151. The predicted octanol–water partition coefficient (Wildman–Crippen LogP) is 2.76. The van der Waals surface area contributed by atoms with Crippen LogP contribution in [0.15, 0.2) is 28.1 Å². The molecule has 8 heteroatoms. The maximum absolute atomic E-state index is 12.1. The van der Waals surface area contributed by atoms with Gasteiger partial charge in [-0.15, -0.1) is 0 Å². The van der Waals surface area contributed by atoms with E-state index in [4.69, 9.17) is 4.74 Å². The summed E-state index contributed by atoms with van der Waals surface area (Å²) in [4.78, 5) is 17.1. The number of benzene rings is 1. The van der Waals surface area contributed by atoms with Crippen LogP contribution >= 0.6 is 11.3 Å². The highest BCUT2D eigenvalue weighted by atomic mass is 32.2. The van der Waals surface area contributed by atoms with E-state index in [2.05, 4.69) is 4.99 Å². The molecule has 1 amide bonds. The maximum Gasteiger partial charge on any atom is 0.248 e. The second kappa shape index (κ2) is 8.73. The lowest BCUT2D eigenvalue weighted by Gasteiger charge is -2.06. The fraction of sp³-hybridized carbons (Fsp3) is 0.529. The van der Waals surface area contributed by atoms with Crippen molar-refractivity contribution in [2.45, 2.75) is 44.6 Å². The van der Waals surface area contributed by atoms with Crippen LogP contribution in [-0.4, -0.2) is 38.4 Å². The average molecular weight is 385 g/mol. The molecule has 2 aromatic rings. The van der Waals surface area contributed by atoms with Gasteiger partial charge in [-0.2, -0.15) is 4.99 Å². The van der Waals surface area contributed by atoms with Crippen molar-refractivity contribution in [2.75, 3.05) is 19.5 Å². The zero-order chi connectivity index (χ0) is 18.4.